The van der Waals surface area contributed by atoms with Crippen LogP contribution in [0.15, 0.2) is 180 Å². The zero-order valence-electron chi connectivity index (χ0n) is 29.7. The number of halogens is 2. The van der Waals surface area contributed by atoms with Crippen molar-refractivity contribution in [2.45, 2.75) is 23.2 Å². The van der Waals surface area contributed by atoms with Crippen molar-refractivity contribution >= 4 is 21.9 Å². The molecular formula is C52H32F2O. The van der Waals surface area contributed by atoms with Gasteiger partial charge in [-0.15, -0.1) is 0 Å². The van der Waals surface area contributed by atoms with Gasteiger partial charge >= 0.3 is 0 Å². The standard InChI is InChI=1S/C52H32F2O/c53-35-22-25-38-39-26-23-36(54)29-46(39)52(45(38)28-35)44-15-6-4-11-37(44)42-13-8-14-43(50(42)52)47-30-51(47,33-19-17-32(18-20-33)31-9-2-1-3-10-31)34-21-24-41-40-12-5-7-16-48(40)55-49(41)27-34/h1-29,47H,30H2. The number of furan rings is 1. The van der Waals surface area contributed by atoms with Gasteiger partial charge < -0.3 is 4.42 Å². The predicted molar refractivity (Wildman–Crippen MR) is 216 cm³/mol. The summed E-state index contributed by atoms with van der Waals surface area (Å²) in [5.41, 5.74) is 14.5. The van der Waals surface area contributed by atoms with Crippen LogP contribution in [0.5, 0.6) is 0 Å². The lowest BCUT2D eigenvalue weighted by molar-refractivity contribution is 0.617. The molecule has 1 aromatic heterocycles. The maximum Gasteiger partial charge on any atom is 0.135 e. The third-order valence-electron chi connectivity index (χ3n) is 12.9. The summed E-state index contributed by atoms with van der Waals surface area (Å²) in [4.78, 5) is 0. The van der Waals surface area contributed by atoms with Crippen LogP contribution in [0.25, 0.3) is 55.3 Å². The molecule has 2 atom stereocenters. The lowest BCUT2D eigenvalue weighted by Crippen LogP contribution is -2.28. The van der Waals surface area contributed by atoms with Crippen molar-refractivity contribution in [1.82, 2.24) is 0 Å². The molecule has 0 amide bonds. The van der Waals surface area contributed by atoms with Gasteiger partial charge in [0.15, 0.2) is 0 Å². The lowest BCUT2D eigenvalue weighted by Gasteiger charge is -2.33. The molecule has 260 valence electrons. The Morgan fingerprint density at radius 3 is 1.85 bits per heavy atom. The highest BCUT2D eigenvalue weighted by Gasteiger charge is 2.61. The Morgan fingerprint density at radius 2 is 1.07 bits per heavy atom. The number of benzene rings is 8. The molecule has 1 heterocycles. The van der Waals surface area contributed by atoms with E-state index in [2.05, 4.69) is 121 Å². The van der Waals surface area contributed by atoms with E-state index in [0.717, 1.165) is 72.9 Å². The molecule has 1 fully saturated rings. The Bertz CT molecular complexity index is 3000. The van der Waals surface area contributed by atoms with Crippen LogP contribution < -0.4 is 0 Å². The van der Waals surface area contributed by atoms with Crippen LogP contribution in [-0.2, 0) is 10.8 Å². The minimum Gasteiger partial charge on any atom is -0.456 e. The maximum absolute atomic E-state index is 15.6. The quantitative estimate of drug-likeness (QED) is 0.177. The second-order valence-electron chi connectivity index (χ2n) is 15.4. The zero-order chi connectivity index (χ0) is 36.5. The average Bonchev–Trinajstić information content (AvgIpc) is 3.65. The highest BCUT2D eigenvalue weighted by atomic mass is 19.1. The van der Waals surface area contributed by atoms with Gasteiger partial charge in [0.1, 0.15) is 22.8 Å². The molecular weight excluding hydrogens is 679 g/mol. The third-order valence-corrected chi connectivity index (χ3v) is 12.9. The molecule has 1 spiro atoms. The van der Waals surface area contributed by atoms with Gasteiger partial charge in [0.25, 0.3) is 0 Å². The van der Waals surface area contributed by atoms with Crippen LogP contribution in [0, 0.1) is 11.6 Å². The SMILES string of the molecule is Fc1ccc2c(c1)C1(c3cc(F)ccc3-2)c2ccccc2-c2cccc(C3CC3(c3ccc(-c4ccccc4)cc3)c3ccc4c(c3)oc3ccccc34)c21. The fourth-order valence-corrected chi connectivity index (χ4v) is 10.5. The first-order valence-corrected chi connectivity index (χ1v) is 19.0. The van der Waals surface area contributed by atoms with Gasteiger partial charge in [-0.1, -0.05) is 140 Å². The van der Waals surface area contributed by atoms with E-state index >= 15 is 8.78 Å². The molecule has 2 unspecified atom stereocenters. The van der Waals surface area contributed by atoms with E-state index in [1.807, 2.05) is 30.3 Å². The summed E-state index contributed by atoms with van der Waals surface area (Å²) in [7, 11) is 0. The Balaban J connectivity index is 1.12. The summed E-state index contributed by atoms with van der Waals surface area (Å²) < 4.78 is 37.6. The highest BCUT2D eigenvalue weighted by molar-refractivity contribution is 6.05. The molecule has 9 aromatic rings. The molecule has 8 aromatic carbocycles. The van der Waals surface area contributed by atoms with Crippen molar-refractivity contribution in [2.75, 3.05) is 0 Å². The monoisotopic (exact) mass is 710 g/mol. The van der Waals surface area contributed by atoms with Gasteiger partial charge in [-0.2, -0.15) is 0 Å². The largest absolute Gasteiger partial charge is 0.456 e. The first kappa shape index (κ1) is 30.8. The molecule has 1 saturated carbocycles. The Morgan fingerprint density at radius 1 is 0.455 bits per heavy atom. The second-order valence-corrected chi connectivity index (χ2v) is 15.4. The van der Waals surface area contributed by atoms with Gasteiger partial charge in [0.05, 0.1) is 5.41 Å². The maximum atomic E-state index is 15.6. The molecule has 0 radical (unpaired) electrons. The lowest BCUT2D eigenvalue weighted by atomic mass is 9.68. The summed E-state index contributed by atoms with van der Waals surface area (Å²) in [5, 5.41) is 2.21. The Hall–Kier alpha value is -6.58. The van der Waals surface area contributed by atoms with Crippen LogP contribution in [0.3, 0.4) is 0 Å². The van der Waals surface area contributed by atoms with E-state index in [-0.39, 0.29) is 23.0 Å². The summed E-state index contributed by atoms with van der Waals surface area (Å²) in [6, 6.07) is 59.8. The summed E-state index contributed by atoms with van der Waals surface area (Å²) in [5.74, 6) is -0.519. The highest BCUT2D eigenvalue weighted by Crippen LogP contribution is 2.70. The van der Waals surface area contributed by atoms with Crippen molar-refractivity contribution in [1.29, 1.82) is 0 Å². The van der Waals surface area contributed by atoms with Gasteiger partial charge in [0.2, 0.25) is 0 Å². The summed E-state index contributed by atoms with van der Waals surface area (Å²) in [6.07, 6.45) is 0.873. The number of hydrogen-bond acceptors (Lipinski definition) is 1. The van der Waals surface area contributed by atoms with Crippen molar-refractivity contribution in [3.8, 4) is 33.4 Å². The topological polar surface area (TPSA) is 13.1 Å². The first-order valence-electron chi connectivity index (χ1n) is 19.0. The zero-order valence-corrected chi connectivity index (χ0v) is 29.7. The van der Waals surface area contributed by atoms with E-state index in [1.54, 1.807) is 12.1 Å². The van der Waals surface area contributed by atoms with Crippen LogP contribution in [0.2, 0.25) is 0 Å². The first-order chi connectivity index (χ1) is 27.1. The Kier molecular flexibility index (Phi) is 6.16. The van der Waals surface area contributed by atoms with Gasteiger partial charge in [-0.25, -0.2) is 8.78 Å². The van der Waals surface area contributed by atoms with E-state index in [4.69, 9.17) is 4.42 Å². The van der Waals surface area contributed by atoms with E-state index in [0.29, 0.717) is 0 Å². The molecule has 3 heteroatoms. The molecule has 55 heavy (non-hydrogen) atoms. The van der Waals surface area contributed by atoms with E-state index in [9.17, 15) is 0 Å². The number of rotatable bonds is 4. The fourth-order valence-electron chi connectivity index (χ4n) is 10.5. The third kappa shape index (κ3) is 4.05. The minimum atomic E-state index is -0.883. The van der Waals surface area contributed by atoms with Crippen LogP contribution >= 0.6 is 0 Å². The van der Waals surface area contributed by atoms with E-state index in [1.165, 1.54) is 39.9 Å². The fraction of sp³-hybridized carbons (Fsp3) is 0.0769. The van der Waals surface area contributed by atoms with Crippen molar-refractivity contribution in [2.24, 2.45) is 0 Å². The van der Waals surface area contributed by atoms with Crippen LogP contribution in [0.1, 0.15) is 51.3 Å². The number of hydrogen-bond donors (Lipinski definition) is 0. The van der Waals surface area contributed by atoms with Crippen molar-refractivity contribution < 1.29 is 13.2 Å². The molecule has 0 saturated heterocycles. The number of para-hydroxylation sites is 1. The smallest absolute Gasteiger partial charge is 0.135 e. The molecule has 0 aliphatic heterocycles. The van der Waals surface area contributed by atoms with Crippen LogP contribution in [0.4, 0.5) is 8.78 Å². The molecule has 0 bridgehead atoms. The van der Waals surface area contributed by atoms with Crippen molar-refractivity contribution in [3.63, 3.8) is 0 Å². The minimum absolute atomic E-state index is 0.0765. The summed E-state index contributed by atoms with van der Waals surface area (Å²) >= 11 is 0. The Labute approximate surface area is 317 Å². The number of fused-ring (bicyclic) bond motifs is 13. The predicted octanol–water partition coefficient (Wildman–Crippen LogP) is 13.3. The average molecular weight is 711 g/mol. The van der Waals surface area contributed by atoms with Gasteiger partial charge in [-0.3, -0.25) is 0 Å². The van der Waals surface area contributed by atoms with E-state index < -0.39 is 5.41 Å². The molecule has 1 nitrogen and oxygen atoms in total. The molecule has 3 aliphatic rings. The normalized spacial score (nSPS) is 18.3. The van der Waals surface area contributed by atoms with Crippen LogP contribution in [-0.4, -0.2) is 0 Å². The van der Waals surface area contributed by atoms with Gasteiger partial charge in [0, 0.05) is 16.2 Å². The second kappa shape index (κ2) is 11.0. The molecule has 12 rings (SSSR count). The molecule has 3 aliphatic carbocycles. The van der Waals surface area contributed by atoms with Crippen molar-refractivity contribution in [3.05, 3.63) is 227 Å². The van der Waals surface area contributed by atoms with Gasteiger partial charge in [-0.05, 0) is 121 Å². The molecule has 0 N–H and O–H groups in total. The summed E-state index contributed by atoms with van der Waals surface area (Å²) in [6.45, 7) is 0.